The van der Waals surface area contributed by atoms with Gasteiger partial charge in [0, 0.05) is 23.7 Å². The third kappa shape index (κ3) is 5.46. The lowest BCUT2D eigenvalue weighted by atomic mass is 9.81. The van der Waals surface area contributed by atoms with E-state index in [2.05, 4.69) is 41.3 Å². The van der Waals surface area contributed by atoms with Gasteiger partial charge in [0.15, 0.2) is 9.84 Å². The SMILES string of the molecule is CCCC[C@]1(CC)CN(c2ccccc2)c2cc(I)c(O/C=C\C(=O)O)cc2S(=O)(=O)C1. The molecule has 0 spiro atoms. The molecule has 32 heavy (non-hydrogen) atoms. The number of unbranched alkanes of at least 4 members (excludes halogenated alkanes) is 1. The quantitative estimate of drug-likeness (QED) is 0.247. The Labute approximate surface area is 203 Å². The fourth-order valence-electron chi connectivity index (χ4n) is 4.12. The van der Waals surface area contributed by atoms with Gasteiger partial charge >= 0.3 is 5.97 Å². The zero-order valence-corrected chi connectivity index (χ0v) is 21.2. The Kier molecular flexibility index (Phi) is 7.87. The lowest BCUT2D eigenvalue weighted by Crippen LogP contribution is -2.37. The summed E-state index contributed by atoms with van der Waals surface area (Å²) in [5.74, 6) is -0.755. The van der Waals surface area contributed by atoms with Crippen molar-refractivity contribution in [3.05, 3.63) is 58.4 Å². The van der Waals surface area contributed by atoms with Crippen molar-refractivity contribution in [2.45, 2.75) is 44.4 Å². The first-order chi connectivity index (χ1) is 15.2. The molecule has 0 radical (unpaired) electrons. The molecule has 0 unspecified atom stereocenters. The Morgan fingerprint density at radius 3 is 2.59 bits per heavy atom. The summed E-state index contributed by atoms with van der Waals surface area (Å²) >= 11 is 2.09. The summed E-state index contributed by atoms with van der Waals surface area (Å²) in [5.41, 5.74) is 1.19. The second-order valence-corrected chi connectivity index (χ2v) is 11.3. The van der Waals surface area contributed by atoms with Crippen molar-refractivity contribution < 1.29 is 23.1 Å². The van der Waals surface area contributed by atoms with Gasteiger partial charge in [-0.1, -0.05) is 44.9 Å². The van der Waals surface area contributed by atoms with E-state index >= 15 is 0 Å². The molecule has 1 N–H and O–H groups in total. The molecule has 0 amide bonds. The standard InChI is InChI=1S/C24H28INO5S/c1-3-5-12-24(4-2)16-26(18-9-7-6-8-10-18)20-14-19(25)21(31-13-11-23(27)28)15-22(20)32(29,30)17-24/h6-11,13-15H,3-5,12,16-17H2,1-2H3,(H,27,28)/b13-11-/t24-/m1/s1. The molecule has 2 aromatic rings. The normalized spacial score (nSPS) is 20.0. The lowest BCUT2D eigenvalue weighted by Gasteiger charge is -2.36. The number of carbonyl (C=O) groups is 1. The van der Waals surface area contributed by atoms with Crippen LogP contribution in [0.4, 0.5) is 11.4 Å². The first kappa shape index (κ1) is 24.6. The molecular weight excluding hydrogens is 541 g/mol. The van der Waals surface area contributed by atoms with Crippen LogP contribution in [0.15, 0.2) is 59.7 Å². The predicted octanol–water partition coefficient (Wildman–Crippen LogP) is 5.78. The molecule has 0 saturated heterocycles. The van der Waals surface area contributed by atoms with Gasteiger partial charge in [-0.2, -0.15) is 0 Å². The van der Waals surface area contributed by atoms with Gasteiger partial charge in [0.25, 0.3) is 0 Å². The minimum Gasteiger partial charge on any atom is -0.478 e. The topological polar surface area (TPSA) is 83.9 Å². The molecule has 1 aliphatic rings. The van der Waals surface area contributed by atoms with Gasteiger partial charge in [-0.05, 0) is 53.6 Å². The van der Waals surface area contributed by atoms with Crippen LogP contribution >= 0.6 is 22.6 Å². The number of nitrogens with zero attached hydrogens (tertiary/aromatic N) is 1. The Balaban J connectivity index is 2.19. The maximum absolute atomic E-state index is 13.7. The average Bonchev–Trinajstić information content (AvgIpc) is 2.85. The summed E-state index contributed by atoms with van der Waals surface area (Å²) in [4.78, 5) is 13.1. The summed E-state index contributed by atoms with van der Waals surface area (Å²) < 4.78 is 33.5. The van der Waals surface area contributed by atoms with Crippen LogP contribution in [-0.2, 0) is 14.6 Å². The monoisotopic (exact) mass is 569 g/mol. The largest absolute Gasteiger partial charge is 0.478 e. The zero-order valence-electron chi connectivity index (χ0n) is 18.3. The molecule has 172 valence electrons. The fourth-order valence-corrected chi connectivity index (χ4v) is 6.87. The molecule has 1 atom stereocenters. The molecule has 0 aliphatic carbocycles. The van der Waals surface area contributed by atoms with Crippen molar-refractivity contribution >= 4 is 49.8 Å². The summed E-state index contributed by atoms with van der Waals surface area (Å²) in [6.07, 6.45) is 5.49. The fraction of sp³-hybridized carbons (Fsp3) is 0.375. The smallest absolute Gasteiger partial charge is 0.331 e. The van der Waals surface area contributed by atoms with Crippen molar-refractivity contribution in [1.29, 1.82) is 0 Å². The van der Waals surface area contributed by atoms with Crippen LogP contribution in [0.1, 0.15) is 39.5 Å². The van der Waals surface area contributed by atoms with E-state index in [9.17, 15) is 13.2 Å². The van der Waals surface area contributed by atoms with Crippen molar-refractivity contribution in [3.63, 3.8) is 0 Å². The van der Waals surface area contributed by atoms with E-state index < -0.39 is 15.8 Å². The molecule has 0 aromatic heterocycles. The number of ether oxygens (including phenoxy) is 1. The van der Waals surface area contributed by atoms with E-state index in [4.69, 9.17) is 9.84 Å². The van der Waals surface area contributed by atoms with Gasteiger partial charge in [0.05, 0.1) is 32.2 Å². The van der Waals surface area contributed by atoms with E-state index in [1.54, 1.807) is 0 Å². The highest BCUT2D eigenvalue weighted by molar-refractivity contribution is 14.1. The summed E-state index contributed by atoms with van der Waals surface area (Å²) in [6, 6.07) is 13.2. The van der Waals surface area contributed by atoms with Crippen molar-refractivity contribution in [2.24, 2.45) is 5.41 Å². The van der Waals surface area contributed by atoms with Crippen LogP contribution in [0.25, 0.3) is 0 Å². The number of aliphatic carboxylic acids is 1. The number of hydrogen-bond donors (Lipinski definition) is 1. The number of benzene rings is 2. The van der Waals surface area contributed by atoms with E-state index in [0.29, 0.717) is 21.6 Å². The Bertz CT molecular complexity index is 1100. The minimum absolute atomic E-state index is 0.0673. The molecule has 1 aliphatic heterocycles. The number of carboxylic acids is 1. The predicted molar refractivity (Wildman–Crippen MR) is 134 cm³/mol. The number of hydrogen-bond acceptors (Lipinski definition) is 5. The molecule has 0 fully saturated rings. The number of sulfone groups is 1. The third-order valence-electron chi connectivity index (χ3n) is 5.91. The molecule has 1 heterocycles. The summed E-state index contributed by atoms with van der Waals surface area (Å²) in [6.45, 7) is 4.79. The highest BCUT2D eigenvalue weighted by atomic mass is 127. The van der Waals surface area contributed by atoms with E-state index in [0.717, 1.165) is 43.7 Å². The number of anilines is 2. The van der Waals surface area contributed by atoms with Gasteiger partial charge in [-0.3, -0.25) is 0 Å². The van der Waals surface area contributed by atoms with Crippen molar-refractivity contribution in [1.82, 2.24) is 0 Å². The summed E-state index contributed by atoms with van der Waals surface area (Å²) in [5, 5.41) is 8.82. The number of para-hydroxylation sites is 1. The Morgan fingerprint density at radius 1 is 1.25 bits per heavy atom. The third-order valence-corrected chi connectivity index (χ3v) is 8.75. The van der Waals surface area contributed by atoms with Gasteiger partial charge in [-0.15, -0.1) is 0 Å². The molecule has 0 bridgehead atoms. The molecule has 3 rings (SSSR count). The lowest BCUT2D eigenvalue weighted by molar-refractivity contribution is -0.131. The van der Waals surface area contributed by atoms with Crippen molar-refractivity contribution in [2.75, 3.05) is 17.2 Å². The van der Waals surface area contributed by atoms with Gasteiger partial charge < -0.3 is 14.7 Å². The van der Waals surface area contributed by atoms with Crippen molar-refractivity contribution in [3.8, 4) is 5.75 Å². The Morgan fingerprint density at radius 2 is 1.97 bits per heavy atom. The van der Waals surface area contributed by atoms with E-state index in [1.807, 2.05) is 36.4 Å². The van der Waals surface area contributed by atoms with Gasteiger partial charge in [-0.25, -0.2) is 13.2 Å². The first-order valence-corrected chi connectivity index (χ1v) is 13.4. The van der Waals surface area contributed by atoms with Gasteiger partial charge in [0.2, 0.25) is 0 Å². The molecule has 0 saturated carbocycles. The average molecular weight is 569 g/mol. The second kappa shape index (κ2) is 10.2. The van der Waals surface area contributed by atoms with Crippen LogP contribution in [0.2, 0.25) is 0 Å². The first-order valence-electron chi connectivity index (χ1n) is 10.7. The molecule has 2 aromatic carbocycles. The molecule has 6 nitrogen and oxygen atoms in total. The van der Waals surface area contributed by atoms with Crippen LogP contribution in [0, 0.1) is 8.99 Å². The molecular formula is C24H28INO5S. The maximum atomic E-state index is 13.7. The van der Waals surface area contributed by atoms with E-state index in [-0.39, 0.29) is 16.1 Å². The number of fused-ring (bicyclic) bond motifs is 1. The highest BCUT2D eigenvalue weighted by Crippen LogP contribution is 2.46. The second-order valence-electron chi connectivity index (χ2n) is 8.15. The number of carboxylic acid groups (broad SMARTS) is 1. The van der Waals surface area contributed by atoms with Gasteiger partial charge in [0.1, 0.15) is 5.75 Å². The van der Waals surface area contributed by atoms with E-state index in [1.165, 1.54) is 6.07 Å². The summed E-state index contributed by atoms with van der Waals surface area (Å²) in [7, 11) is -3.62. The zero-order chi connectivity index (χ0) is 23.4. The highest BCUT2D eigenvalue weighted by Gasteiger charge is 2.41. The minimum atomic E-state index is -3.62. The van der Waals surface area contributed by atoms with Crippen LogP contribution in [0.5, 0.6) is 5.75 Å². The van der Waals surface area contributed by atoms with Crippen LogP contribution in [0.3, 0.4) is 0 Å². The van der Waals surface area contributed by atoms with Crippen LogP contribution < -0.4 is 9.64 Å². The maximum Gasteiger partial charge on any atom is 0.331 e. The molecule has 8 heteroatoms. The number of rotatable bonds is 8. The number of halogens is 1. The van der Waals surface area contributed by atoms with Crippen LogP contribution in [-0.4, -0.2) is 31.8 Å². The Hall–Kier alpha value is -2.07.